The third kappa shape index (κ3) is 4660000. The van der Waals surface area contributed by atoms with Gasteiger partial charge >= 0.3 is 24.8 Å². The Kier molecular flexibility index (Phi) is 38.1. The maximum atomic E-state index is 8.89. The third-order valence-electron chi connectivity index (χ3n) is 0.100. The van der Waals surface area contributed by atoms with Crippen molar-refractivity contribution in [3.8, 4) is 0 Å². The fourth-order valence-corrected chi connectivity index (χ4v) is 0.0272. The van der Waals surface area contributed by atoms with Crippen LogP contribution in [-0.4, -0.2) is 20.3 Å². The maximum absolute atomic E-state index is 8.89. The van der Waals surface area contributed by atoms with Crippen LogP contribution in [0.3, 0.4) is 0 Å². The van der Waals surface area contributed by atoms with E-state index in [0.29, 0.717) is 0 Å². The maximum Gasteiger partial charge on any atom is 3.00 e. The van der Waals surface area contributed by atoms with Crippen LogP contribution in [-0.2, 0) is 24.4 Å². The Morgan fingerprint density at radius 3 is 0.842 bits per heavy atom. The Labute approximate surface area is 112 Å². The first-order valence-corrected chi connectivity index (χ1v) is 2.56. The van der Waals surface area contributed by atoms with Crippen molar-refractivity contribution in [2.75, 3.05) is 0 Å². The predicted molar refractivity (Wildman–Crippen MR) is 45.0 cm³/mol. The van der Waals surface area contributed by atoms with Crippen LogP contribution >= 0.6 is 0 Å². The molecule has 0 saturated heterocycles. The Morgan fingerprint density at radius 1 is 0.684 bits per heavy atom. The van der Waals surface area contributed by atoms with Gasteiger partial charge in [-0.1, -0.05) is 0 Å². The Bertz CT molecular complexity index is 232. The molecule has 0 fully saturated rings. The summed E-state index contributed by atoms with van der Waals surface area (Å²) in [5.74, 6) is 0. The summed E-state index contributed by atoms with van der Waals surface area (Å²) in [5.41, 5.74) is 0. The van der Waals surface area contributed by atoms with Crippen molar-refractivity contribution < 1.29 is 44.8 Å². The standard InChI is InChI=1S/N2O4.3NO3.Ru/c3-1-6-2(4)5;3*2-1(3)4;/q;3*-1;+3. The second-order valence-electron chi connectivity index (χ2n) is 1.05. The van der Waals surface area contributed by atoms with Crippen molar-refractivity contribution in [1.29, 1.82) is 0 Å². The normalized spacial score (nSPS) is 5.89. The Morgan fingerprint density at radius 2 is 0.842 bits per heavy atom. The second-order valence-corrected chi connectivity index (χ2v) is 1.05. The molecule has 0 amide bonds. The van der Waals surface area contributed by atoms with E-state index in [2.05, 4.69) is 4.94 Å². The molecule has 0 N–H and O–H groups in total. The van der Waals surface area contributed by atoms with Crippen LogP contribution in [0.4, 0.5) is 0 Å². The summed E-state index contributed by atoms with van der Waals surface area (Å²) in [6, 6.07) is 0. The molecule has 18 nitrogen and oxygen atoms in total. The molecule has 1 radical (unpaired) electrons. The van der Waals surface area contributed by atoms with Crippen LogP contribution in [0.1, 0.15) is 0 Å². The molecule has 0 rings (SSSR count). The van der Waals surface area contributed by atoms with Crippen molar-refractivity contribution in [2.45, 2.75) is 0 Å². The monoisotopic (exact) mass is 380 g/mol. The molecule has 0 aliphatic carbocycles. The predicted octanol–water partition coefficient (Wildman–Crippen LogP) is -0.844. The summed E-state index contributed by atoms with van der Waals surface area (Å²) in [6.45, 7) is 0. The molecule has 0 saturated carbocycles. The SMILES string of the molecule is O=NO[N+](=O)[O-].O=[N+]([O-])[O-].O=[N+]([O-])[O-].O=[N+]([O-])[O-].[Ru+3]. The van der Waals surface area contributed by atoms with Crippen molar-refractivity contribution in [3.05, 3.63) is 61.0 Å². The van der Waals surface area contributed by atoms with E-state index in [-0.39, 0.29) is 19.5 Å². The zero-order chi connectivity index (χ0) is 15.7. The summed E-state index contributed by atoms with van der Waals surface area (Å²) in [7, 11) is 0. The minimum Gasteiger partial charge on any atom is -0.356 e. The van der Waals surface area contributed by atoms with Crippen molar-refractivity contribution in [3.63, 3.8) is 0 Å². The summed E-state index contributed by atoms with van der Waals surface area (Å²) >= 11 is 0. The summed E-state index contributed by atoms with van der Waals surface area (Å²) in [5, 5.41) is 53.3. The van der Waals surface area contributed by atoms with Gasteiger partial charge in [0.1, 0.15) is 0 Å². The molecular weight excluding hydrogens is 379 g/mol. The van der Waals surface area contributed by atoms with Crippen LogP contribution in [0.25, 0.3) is 0 Å². The van der Waals surface area contributed by atoms with Gasteiger partial charge in [0.05, 0.1) is 15.3 Å². The van der Waals surface area contributed by atoms with Crippen molar-refractivity contribution >= 4 is 0 Å². The largest absolute Gasteiger partial charge is 3.00 e. The molecule has 0 spiro atoms. The smallest absolute Gasteiger partial charge is 0.356 e. The first-order valence-electron chi connectivity index (χ1n) is 2.56. The van der Waals surface area contributed by atoms with E-state index in [0.717, 1.165) is 0 Å². The molecule has 0 heterocycles. The Hall–Kier alpha value is -2.98. The fraction of sp³-hybridized carbons (Fsp3) is 0. The van der Waals surface area contributed by atoms with Gasteiger partial charge in [-0.2, -0.15) is 0 Å². The van der Waals surface area contributed by atoms with Gasteiger partial charge in [-0.3, -0.25) is 0 Å². The van der Waals surface area contributed by atoms with Gasteiger partial charge in [0.2, 0.25) is 0 Å². The molecule has 0 unspecified atom stereocenters. The van der Waals surface area contributed by atoms with Crippen LogP contribution in [0.5, 0.6) is 0 Å². The van der Waals surface area contributed by atoms with Crippen LogP contribution in [0.2, 0.25) is 0 Å². The summed E-state index contributed by atoms with van der Waals surface area (Å²) in [4.78, 5) is 45.2. The zero-order valence-corrected chi connectivity index (χ0v) is 9.63. The van der Waals surface area contributed by atoms with Gasteiger partial charge in [-0.15, -0.1) is 4.94 Å². The number of hydrogen-bond acceptors (Lipinski definition) is 14. The zero-order valence-electron chi connectivity index (χ0n) is 7.90. The third-order valence-corrected chi connectivity index (χ3v) is 0.100. The number of nitrogens with zero attached hydrogens (tertiary/aromatic N) is 5. The molecule has 0 aromatic heterocycles. The van der Waals surface area contributed by atoms with Crippen molar-refractivity contribution in [2.24, 2.45) is 5.34 Å². The first-order chi connectivity index (χ1) is 7.97. The minimum atomic E-state index is -1.75. The van der Waals surface area contributed by atoms with Gasteiger partial charge < -0.3 is 46.0 Å². The first kappa shape index (κ1) is 29.8. The molecule has 0 aliphatic rings. The second kappa shape index (κ2) is 24.3. The number of rotatable bonds is 2. The molecule has 19 heavy (non-hydrogen) atoms. The molecule has 0 atom stereocenters. The summed E-state index contributed by atoms with van der Waals surface area (Å²) < 4.78 is 0. The molecular formula is N5O13Ru. The average molecular weight is 379 g/mol. The van der Waals surface area contributed by atoms with Gasteiger partial charge in [0.25, 0.3) is 0 Å². The van der Waals surface area contributed by atoms with E-state index in [4.69, 9.17) is 61.0 Å². The van der Waals surface area contributed by atoms with Gasteiger partial charge in [0, 0.05) is 4.91 Å². The molecule has 111 valence electrons. The van der Waals surface area contributed by atoms with E-state index in [9.17, 15) is 0 Å². The average Bonchev–Trinajstić information content (AvgIpc) is 1.98. The van der Waals surface area contributed by atoms with Gasteiger partial charge in [0.15, 0.2) is 5.09 Å². The molecule has 0 aromatic rings. The van der Waals surface area contributed by atoms with E-state index in [1.807, 2.05) is 0 Å². The molecule has 0 aliphatic heterocycles. The topological polar surface area (TPSA) is 280 Å². The molecule has 19 heteroatoms. The summed E-state index contributed by atoms with van der Waals surface area (Å²) in [6.07, 6.45) is 0. The van der Waals surface area contributed by atoms with Crippen LogP contribution < -0.4 is 0 Å². The van der Waals surface area contributed by atoms with E-state index >= 15 is 0 Å². The van der Waals surface area contributed by atoms with E-state index in [1.54, 1.807) is 0 Å². The van der Waals surface area contributed by atoms with Crippen molar-refractivity contribution in [1.82, 2.24) is 0 Å². The van der Waals surface area contributed by atoms with Gasteiger partial charge in [-0.25, -0.2) is 10.1 Å². The minimum absolute atomic E-state index is 0. The Balaban J connectivity index is -0.0000000459. The van der Waals surface area contributed by atoms with Crippen LogP contribution in [0, 0.1) is 61.0 Å². The van der Waals surface area contributed by atoms with Crippen LogP contribution in [0.15, 0.2) is 5.34 Å². The quantitative estimate of drug-likeness (QED) is 0.245. The molecule has 0 bridgehead atoms. The van der Waals surface area contributed by atoms with E-state index in [1.165, 1.54) is 5.34 Å². The van der Waals surface area contributed by atoms with E-state index < -0.39 is 20.3 Å². The molecule has 0 aromatic carbocycles. The van der Waals surface area contributed by atoms with Gasteiger partial charge in [-0.05, 0) is 0 Å². The fourth-order valence-electron chi connectivity index (χ4n) is 0.0272. The number of hydrogen-bond donors (Lipinski definition) is 0.